The number of carbonyl (C=O) groups excluding carboxylic acids is 1. The predicted molar refractivity (Wildman–Crippen MR) is 126 cm³/mol. The van der Waals surface area contributed by atoms with Gasteiger partial charge in [0.1, 0.15) is 11.6 Å². The second kappa shape index (κ2) is 10.5. The number of methoxy groups -OCH3 is 1. The number of ether oxygens (including phenoxy) is 1. The topological polar surface area (TPSA) is 54.5 Å². The Kier molecular flexibility index (Phi) is 7.52. The first-order valence-electron chi connectivity index (χ1n) is 11.7. The Bertz CT molecular complexity index is 1290. The molecule has 5 nitrogen and oxygen atoms in total. The lowest BCUT2D eigenvalue weighted by molar-refractivity contribution is -0.186. The summed E-state index contributed by atoms with van der Waals surface area (Å²) in [7, 11) is 1.48. The average molecular weight is 525 g/mol. The van der Waals surface area contributed by atoms with Gasteiger partial charge in [-0.15, -0.1) is 0 Å². The summed E-state index contributed by atoms with van der Waals surface area (Å²) in [4.78, 5) is 16.8. The summed E-state index contributed by atoms with van der Waals surface area (Å²) in [5.74, 6) is -2.47. The molecule has 1 saturated heterocycles. The number of hydrogen-bond acceptors (Lipinski definition) is 4. The molecule has 1 N–H and O–H groups in total. The molecular weight excluding hydrogens is 500 g/mol. The van der Waals surface area contributed by atoms with Crippen LogP contribution in [0.15, 0.2) is 42.6 Å². The number of hydrogen-bond donors (Lipinski definition) is 1. The molecule has 0 unspecified atom stereocenters. The highest BCUT2D eigenvalue weighted by Gasteiger charge is 2.43. The number of amides is 1. The normalized spacial score (nSPS) is 15.8. The summed E-state index contributed by atoms with van der Waals surface area (Å²) in [6.45, 7) is 1.57. The van der Waals surface area contributed by atoms with Gasteiger partial charge in [-0.1, -0.05) is 18.2 Å². The number of pyridine rings is 1. The molecule has 0 spiro atoms. The van der Waals surface area contributed by atoms with Gasteiger partial charge in [0, 0.05) is 42.0 Å². The van der Waals surface area contributed by atoms with Gasteiger partial charge in [0.2, 0.25) is 0 Å². The zero-order valence-electron chi connectivity index (χ0n) is 20.1. The molecule has 1 atom stereocenters. The summed E-state index contributed by atoms with van der Waals surface area (Å²) < 4.78 is 85.0. The van der Waals surface area contributed by atoms with Gasteiger partial charge < -0.3 is 15.0 Å². The van der Waals surface area contributed by atoms with E-state index in [0.717, 1.165) is 16.5 Å². The molecule has 0 aliphatic carbocycles. The van der Waals surface area contributed by atoms with E-state index in [2.05, 4.69) is 10.3 Å². The Morgan fingerprint density at radius 1 is 1.14 bits per heavy atom. The third kappa shape index (κ3) is 5.45. The molecule has 1 aliphatic heterocycles. The number of nitrogens with zero attached hydrogens (tertiary/aromatic N) is 2. The molecule has 0 saturated carbocycles. The summed E-state index contributed by atoms with van der Waals surface area (Å²) in [6.07, 6.45) is -5.68. The van der Waals surface area contributed by atoms with Crippen LogP contribution in [-0.2, 0) is 4.79 Å². The molecule has 0 bridgehead atoms. The second-order valence-electron chi connectivity index (χ2n) is 8.95. The number of alkyl halides is 5. The number of rotatable bonds is 6. The summed E-state index contributed by atoms with van der Waals surface area (Å²) in [5.41, 5.74) is 1.30. The lowest BCUT2D eigenvalue weighted by atomic mass is 9.87. The van der Waals surface area contributed by atoms with Crippen molar-refractivity contribution >= 4 is 22.5 Å². The van der Waals surface area contributed by atoms with E-state index in [1.54, 1.807) is 25.3 Å². The van der Waals surface area contributed by atoms with E-state index in [0.29, 0.717) is 35.2 Å². The highest BCUT2D eigenvalue weighted by atomic mass is 19.4. The van der Waals surface area contributed by atoms with Crippen molar-refractivity contribution in [3.63, 3.8) is 0 Å². The van der Waals surface area contributed by atoms with E-state index < -0.39 is 35.9 Å². The molecule has 1 amide bonds. The fourth-order valence-electron chi connectivity index (χ4n) is 4.77. The number of piperidine rings is 1. The van der Waals surface area contributed by atoms with E-state index in [4.69, 9.17) is 4.74 Å². The van der Waals surface area contributed by atoms with Gasteiger partial charge in [-0.05, 0) is 43.4 Å². The smallest absolute Gasteiger partial charge is 0.471 e. The van der Waals surface area contributed by atoms with E-state index in [-0.39, 0.29) is 24.6 Å². The maximum atomic E-state index is 14.7. The minimum Gasteiger partial charge on any atom is -0.496 e. The van der Waals surface area contributed by atoms with Gasteiger partial charge in [0.15, 0.2) is 0 Å². The van der Waals surface area contributed by atoms with Crippen LogP contribution in [0.25, 0.3) is 10.9 Å². The quantitative estimate of drug-likeness (QED) is 0.362. The molecule has 1 fully saturated rings. The van der Waals surface area contributed by atoms with Crippen molar-refractivity contribution in [2.45, 2.75) is 44.3 Å². The standard InChI is InChI=1S/C26H25F6N3O2/c1-14(16-4-3-5-17(23(16)27)24(28)29)34-20-6-9-33-21-13-22(37-2)18(12-19(20)21)15-7-10-35(11-8-15)25(36)26(30,31)32/h3-6,9,12-15,24H,7-8,10-11H2,1-2H3,(H,33,34)/t14-/m1/s1. The number of benzene rings is 2. The minimum absolute atomic E-state index is 0.0425. The number of likely N-dealkylation sites (tertiary alicyclic amines) is 1. The summed E-state index contributed by atoms with van der Waals surface area (Å²) >= 11 is 0. The monoisotopic (exact) mass is 525 g/mol. The summed E-state index contributed by atoms with van der Waals surface area (Å²) in [5, 5.41) is 3.83. The molecule has 1 aromatic heterocycles. The molecule has 11 heteroatoms. The third-order valence-corrected chi connectivity index (χ3v) is 6.69. The van der Waals surface area contributed by atoms with Crippen LogP contribution in [-0.4, -0.2) is 42.2 Å². The average Bonchev–Trinajstić information content (AvgIpc) is 2.87. The van der Waals surface area contributed by atoms with Crippen molar-refractivity contribution in [2.24, 2.45) is 0 Å². The van der Waals surface area contributed by atoms with E-state index >= 15 is 0 Å². The second-order valence-corrected chi connectivity index (χ2v) is 8.95. The maximum absolute atomic E-state index is 14.7. The lowest BCUT2D eigenvalue weighted by Crippen LogP contribution is -2.45. The van der Waals surface area contributed by atoms with Crippen molar-refractivity contribution in [1.82, 2.24) is 9.88 Å². The summed E-state index contributed by atoms with van der Waals surface area (Å²) in [6, 6.07) is 8.42. The van der Waals surface area contributed by atoms with Crippen LogP contribution in [0.2, 0.25) is 0 Å². The van der Waals surface area contributed by atoms with Crippen molar-refractivity contribution in [3.8, 4) is 5.75 Å². The first-order valence-corrected chi connectivity index (χ1v) is 11.7. The fourth-order valence-corrected chi connectivity index (χ4v) is 4.77. The molecule has 2 heterocycles. The van der Waals surface area contributed by atoms with Crippen molar-refractivity contribution < 1.29 is 35.9 Å². The number of halogens is 6. The van der Waals surface area contributed by atoms with Crippen molar-refractivity contribution in [2.75, 3.05) is 25.5 Å². The molecule has 3 aromatic rings. The van der Waals surface area contributed by atoms with Crippen LogP contribution in [0.1, 0.15) is 54.8 Å². The molecule has 0 radical (unpaired) electrons. The highest BCUT2D eigenvalue weighted by molar-refractivity contribution is 5.93. The van der Waals surface area contributed by atoms with Gasteiger partial charge in [0.05, 0.1) is 24.2 Å². The number of anilines is 1. The molecule has 2 aromatic carbocycles. The lowest BCUT2D eigenvalue weighted by Gasteiger charge is -2.33. The molecule has 4 rings (SSSR count). The van der Waals surface area contributed by atoms with Crippen molar-refractivity contribution in [3.05, 3.63) is 65.1 Å². The Labute approximate surface area is 209 Å². The minimum atomic E-state index is -4.91. The highest BCUT2D eigenvalue weighted by Crippen LogP contribution is 2.39. The zero-order chi connectivity index (χ0) is 26.9. The fraction of sp³-hybridized carbons (Fsp3) is 0.385. The van der Waals surface area contributed by atoms with Gasteiger partial charge >= 0.3 is 12.1 Å². The van der Waals surface area contributed by atoms with Crippen LogP contribution in [0.5, 0.6) is 5.75 Å². The maximum Gasteiger partial charge on any atom is 0.471 e. The Morgan fingerprint density at radius 3 is 2.43 bits per heavy atom. The van der Waals surface area contributed by atoms with E-state index in [9.17, 15) is 31.1 Å². The number of fused-ring (bicyclic) bond motifs is 1. The number of aromatic nitrogens is 1. The van der Waals surface area contributed by atoms with Crippen LogP contribution in [0, 0.1) is 5.82 Å². The third-order valence-electron chi connectivity index (χ3n) is 6.69. The van der Waals surface area contributed by atoms with E-state index in [1.165, 1.54) is 19.2 Å². The Balaban J connectivity index is 1.63. The van der Waals surface area contributed by atoms with Crippen LogP contribution in [0.3, 0.4) is 0 Å². The predicted octanol–water partition coefficient (Wildman–Crippen LogP) is 6.76. The Hall–Kier alpha value is -3.50. The molecule has 1 aliphatic rings. The van der Waals surface area contributed by atoms with Gasteiger partial charge in [-0.2, -0.15) is 13.2 Å². The largest absolute Gasteiger partial charge is 0.496 e. The SMILES string of the molecule is COc1cc2nccc(N[C@H](C)c3cccc(C(F)F)c3F)c2cc1C1CCN(C(=O)C(F)(F)F)CC1. The first kappa shape index (κ1) is 26.6. The van der Waals surface area contributed by atoms with Crippen molar-refractivity contribution in [1.29, 1.82) is 0 Å². The number of carbonyl (C=O) groups is 1. The zero-order valence-corrected chi connectivity index (χ0v) is 20.1. The van der Waals surface area contributed by atoms with Gasteiger partial charge in [-0.3, -0.25) is 9.78 Å². The van der Waals surface area contributed by atoms with Crippen LogP contribution < -0.4 is 10.1 Å². The molecular formula is C26H25F6N3O2. The van der Waals surface area contributed by atoms with Crippen LogP contribution >= 0.6 is 0 Å². The molecule has 198 valence electrons. The van der Waals surface area contributed by atoms with Gasteiger partial charge in [-0.25, -0.2) is 13.2 Å². The number of nitrogens with one attached hydrogen (secondary N) is 1. The van der Waals surface area contributed by atoms with E-state index in [1.807, 2.05) is 6.07 Å². The first-order chi connectivity index (χ1) is 17.5. The molecule has 37 heavy (non-hydrogen) atoms. The Morgan fingerprint density at radius 2 is 1.81 bits per heavy atom. The van der Waals surface area contributed by atoms with Gasteiger partial charge in [0.25, 0.3) is 6.43 Å². The van der Waals surface area contributed by atoms with Crippen LogP contribution in [0.4, 0.5) is 32.0 Å².